The highest BCUT2D eigenvalue weighted by Gasteiger charge is 2.04. The Morgan fingerprint density at radius 1 is 0.905 bits per heavy atom. The number of aromatic nitrogens is 2. The van der Waals surface area contributed by atoms with Crippen LogP contribution in [0.1, 0.15) is 12.6 Å². The summed E-state index contributed by atoms with van der Waals surface area (Å²) >= 11 is 0. The van der Waals surface area contributed by atoms with E-state index < -0.39 is 0 Å². The Morgan fingerprint density at radius 2 is 1.57 bits per heavy atom. The van der Waals surface area contributed by atoms with Gasteiger partial charge in [-0.2, -0.15) is 5.10 Å². The van der Waals surface area contributed by atoms with Gasteiger partial charge in [0.1, 0.15) is 0 Å². The van der Waals surface area contributed by atoms with Gasteiger partial charge in [0, 0.05) is 17.8 Å². The van der Waals surface area contributed by atoms with Crippen molar-refractivity contribution in [3.05, 3.63) is 66.4 Å². The number of rotatable bonds is 5. The summed E-state index contributed by atoms with van der Waals surface area (Å²) < 4.78 is 0. The maximum Gasteiger partial charge on any atom is 0.0924 e. The third kappa shape index (κ3) is 3.20. The lowest BCUT2D eigenvalue weighted by atomic mass is 10.0. The van der Waals surface area contributed by atoms with Gasteiger partial charge in [-0.1, -0.05) is 61.5 Å². The maximum atomic E-state index is 4.38. The maximum absolute atomic E-state index is 4.38. The van der Waals surface area contributed by atoms with Gasteiger partial charge in [-0.3, -0.25) is 5.10 Å². The molecular weight excluding hydrogens is 258 g/mol. The average molecular weight is 277 g/mol. The highest BCUT2D eigenvalue weighted by Crippen LogP contribution is 2.23. The van der Waals surface area contributed by atoms with E-state index in [1.165, 1.54) is 11.1 Å². The minimum Gasteiger partial charge on any atom is -0.311 e. The molecule has 0 atom stereocenters. The van der Waals surface area contributed by atoms with E-state index >= 15 is 0 Å². The number of nitrogens with zero attached hydrogens (tertiary/aromatic N) is 1. The summed E-state index contributed by atoms with van der Waals surface area (Å²) in [6.45, 7) is 3.88. The lowest BCUT2D eigenvalue weighted by Crippen LogP contribution is -2.11. The molecule has 1 heterocycles. The van der Waals surface area contributed by atoms with E-state index in [4.69, 9.17) is 0 Å². The smallest absolute Gasteiger partial charge is 0.0924 e. The predicted molar refractivity (Wildman–Crippen MR) is 86.8 cm³/mol. The van der Waals surface area contributed by atoms with Crippen molar-refractivity contribution in [1.82, 2.24) is 15.5 Å². The summed E-state index contributed by atoms with van der Waals surface area (Å²) in [6.07, 6.45) is 0. The van der Waals surface area contributed by atoms with Crippen molar-refractivity contribution < 1.29 is 0 Å². The van der Waals surface area contributed by atoms with Gasteiger partial charge in [-0.05, 0) is 23.7 Å². The molecule has 2 N–H and O–H groups in total. The van der Waals surface area contributed by atoms with Crippen molar-refractivity contribution in [2.24, 2.45) is 0 Å². The SMILES string of the molecule is CCNCc1cc(-c2ccc(-c3ccccc3)cc2)n[nH]1. The number of nitrogens with one attached hydrogen (secondary N) is 2. The summed E-state index contributed by atoms with van der Waals surface area (Å²) in [5, 5.41) is 10.7. The number of hydrogen-bond donors (Lipinski definition) is 2. The molecule has 0 unspecified atom stereocenters. The molecule has 106 valence electrons. The molecule has 0 amide bonds. The molecule has 2 aromatic carbocycles. The van der Waals surface area contributed by atoms with Gasteiger partial charge in [-0.15, -0.1) is 0 Å². The van der Waals surface area contributed by atoms with Crippen LogP contribution in [-0.2, 0) is 6.54 Å². The zero-order chi connectivity index (χ0) is 14.5. The average Bonchev–Trinajstić information content (AvgIpc) is 3.03. The quantitative estimate of drug-likeness (QED) is 0.743. The van der Waals surface area contributed by atoms with Crippen LogP contribution < -0.4 is 5.32 Å². The molecule has 0 saturated heterocycles. The number of H-pyrrole nitrogens is 1. The molecular formula is C18H19N3. The fourth-order valence-corrected chi connectivity index (χ4v) is 2.32. The fraction of sp³-hybridized carbons (Fsp3) is 0.167. The Labute approximate surface area is 125 Å². The molecule has 0 aliphatic rings. The number of hydrogen-bond acceptors (Lipinski definition) is 2. The second-order valence-electron chi connectivity index (χ2n) is 5.00. The Kier molecular flexibility index (Phi) is 4.12. The largest absolute Gasteiger partial charge is 0.311 e. The Morgan fingerprint density at radius 3 is 2.29 bits per heavy atom. The first-order chi connectivity index (χ1) is 10.4. The van der Waals surface area contributed by atoms with Crippen molar-refractivity contribution in [1.29, 1.82) is 0 Å². The lowest BCUT2D eigenvalue weighted by Gasteiger charge is -2.02. The third-order valence-corrected chi connectivity index (χ3v) is 3.48. The van der Waals surface area contributed by atoms with Crippen LogP contribution in [0, 0.1) is 0 Å². The van der Waals surface area contributed by atoms with E-state index in [1.54, 1.807) is 0 Å². The van der Waals surface area contributed by atoms with Crippen LogP contribution >= 0.6 is 0 Å². The van der Waals surface area contributed by atoms with Crippen molar-refractivity contribution in [3.63, 3.8) is 0 Å². The molecule has 1 aromatic heterocycles. The van der Waals surface area contributed by atoms with Crippen molar-refractivity contribution >= 4 is 0 Å². The topological polar surface area (TPSA) is 40.7 Å². The fourth-order valence-electron chi connectivity index (χ4n) is 2.32. The second kappa shape index (κ2) is 6.37. The van der Waals surface area contributed by atoms with Gasteiger partial charge in [0.05, 0.1) is 5.69 Å². The normalized spacial score (nSPS) is 10.7. The van der Waals surface area contributed by atoms with Crippen LogP contribution in [-0.4, -0.2) is 16.7 Å². The number of aromatic amines is 1. The van der Waals surface area contributed by atoms with Crippen LogP contribution in [0.3, 0.4) is 0 Å². The predicted octanol–water partition coefficient (Wildman–Crippen LogP) is 3.85. The van der Waals surface area contributed by atoms with E-state index in [1.807, 2.05) is 6.07 Å². The third-order valence-electron chi connectivity index (χ3n) is 3.48. The van der Waals surface area contributed by atoms with Crippen LogP contribution in [0.4, 0.5) is 0 Å². The van der Waals surface area contributed by atoms with E-state index in [-0.39, 0.29) is 0 Å². The monoisotopic (exact) mass is 277 g/mol. The zero-order valence-electron chi connectivity index (χ0n) is 12.1. The Hall–Kier alpha value is -2.39. The molecule has 3 rings (SSSR count). The molecule has 0 bridgehead atoms. The second-order valence-corrected chi connectivity index (χ2v) is 5.00. The minimum absolute atomic E-state index is 0.825. The summed E-state index contributed by atoms with van der Waals surface area (Å²) in [7, 11) is 0. The van der Waals surface area contributed by atoms with Crippen LogP contribution in [0.2, 0.25) is 0 Å². The van der Waals surface area contributed by atoms with Crippen LogP contribution in [0.25, 0.3) is 22.4 Å². The van der Waals surface area contributed by atoms with E-state index in [0.29, 0.717) is 0 Å². The molecule has 0 radical (unpaired) electrons. The molecule has 3 heteroatoms. The van der Waals surface area contributed by atoms with Gasteiger partial charge in [-0.25, -0.2) is 0 Å². The molecule has 3 nitrogen and oxygen atoms in total. The first kappa shape index (κ1) is 13.6. The molecule has 0 aliphatic heterocycles. The van der Waals surface area contributed by atoms with Gasteiger partial charge < -0.3 is 5.32 Å². The highest BCUT2D eigenvalue weighted by atomic mass is 15.1. The highest BCUT2D eigenvalue weighted by molar-refractivity contribution is 5.68. The summed E-state index contributed by atoms with van der Waals surface area (Å²) in [4.78, 5) is 0. The summed E-state index contributed by atoms with van der Waals surface area (Å²) in [6, 6.07) is 21.0. The van der Waals surface area contributed by atoms with Crippen molar-refractivity contribution in [2.75, 3.05) is 6.54 Å². The molecule has 0 fully saturated rings. The standard InChI is InChI=1S/C18H19N3/c1-2-19-13-17-12-18(21-20-17)16-10-8-15(9-11-16)14-6-4-3-5-7-14/h3-12,19H,2,13H2,1H3,(H,20,21). The van der Waals surface area contributed by atoms with Crippen molar-refractivity contribution in [2.45, 2.75) is 13.5 Å². The van der Waals surface area contributed by atoms with Gasteiger partial charge >= 0.3 is 0 Å². The molecule has 3 aromatic rings. The number of benzene rings is 2. The summed E-state index contributed by atoms with van der Waals surface area (Å²) in [5.41, 5.74) is 5.69. The van der Waals surface area contributed by atoms with E-state index in [0.717, 1.165) is 30.0 Å². The van der Waals surface area contributed by atoms with Gasteiger partial charge in [0.15, 0.2) is 0 Å². The van der Waals surface area contributed by atoms with Crippen LogP contribution in [0.15, 0.2) is 60.7 Å². The molecule has 0 aliphatic carbocycles. The van der Waals surface area contributed by atoms with Crippen molar-refractivity contribution in [3.8, 4) is 22.4 Å². The first-order valence-electron chi connectivity index (χ1n) is 7.27. The molecule has 21 heavy (non-hydrogen) atoms. The lowest BCUT2D eigenvalue weighted by molar-refractivity contribution is 0.707. The van der Waals surface area contributed by atoms with Gasteiger partial charge in [0.25, 0.3) is 0 Å². The van der Waals surface area contributed by atoms with Crippen LogP contribution in [0.5, 0.6) is 0 Å². The summed E-state index contributed by atoms with van der Waals surface area (Å²) in [5.74, 6) is 0. The minimum atomic E-state index is 0.825. The molecule has 0 spiro atoms. The Bertz CT molecular complexity index is 684. The van der Waals surface area contributed by atoms with E-state index in [2.05, 4.69) is 77.0 Å². The first-order valence-corrected chi connectivity index (χ1v) is 7.27. The zero-order valence-corrected chi connectivity index (χ0v) is 12.1. The van der Waals surface area contributed by atoms with Gasteiger partial charge in [0.2, 0.25) is 0 Å². The Balaban J connectivity index is 1.79. The van der Waals surface area contributed by atoms with E-state index in [9.17, 15) is 0 Å². The molecule has 0 saturated carbocycles.